The lowest BCUT2D eigenvalue weighted by atomic mass is 10.2. The van der Waals surface area contributed by atoms with Gasteiger partial charge in [0.05, 0.1) is 17.6 Å². The van der Waals surface area contributed by atoms with Crippen LogP contribution in [0.1, 0.15) is 5.56 Å². The first-order valence-electron chi connectivity index (χ1n) is 3.38. The average Bonchev–Trinajstić information content (AvgIpc) is 2.16. The van der Waals surface area contributed by atoms with Crippen molar-refractivity contribution in [3.63, 3.8) is 0 Å². The van der Waals surface area contributed by atoms with Crippen molar-refractivity contribution >= 4 is 11.1 Å². The molecule has 0 amide bonds. The van der Waals surface area contributed by atoms with Crippen LogP contribution in [-0.4, -0.2) is 15.9 Å². The van der Waals surface area contributed by atoms with Gasteiger partial charge in [-0.05, 0) is 18.2 Å². The van der Waals surface area contributed by atoms with E-state index < -0.39 is 11.1 Å². The van der Waals surface area contributed by atoms with E-state index in [0.717, 1.165) is 0 Å². The Hall–Kier alpha value is -1.38. The summed E-state index contributed by atoms with van der Waals surface area (Å²) in [6.45, 7) is 0. The van der Waals surface area contributed by atoms with Crippen LogP contribution in [0, 0.1) is 11.3 Å². The van der Waals surface area contributed by atoms with E-state index >= 15 is 0 Å². The van der Waals surface area contributed by atoms with E-state index in [1.54, 1.807) is 0 Å². The van der Waals surface area contributed by atoms with Gasteiger partial charge in [0.25, 0.3) is 0 Å². The minimum atomic E-state index is -2.04. The largest absolute Gasteiger partial charge is 0.495 e. The van der Waals surface area contributed by atoms with E-state index in [1.165, 1.54) is 25.3 Å². The fraction of sp³-hybridized carbons (Fsp3) is 0.125. The van der Waals surface area contributed by atoms with Crippen molar-refractivity contribution < 1.29 is 13.5 Å². The molecule has 1 aromatic rings. The highest BCUT2D eigenvalue weighted by molar-refractivity contribution is 7.79. The maximum atomic E-state index is 10.6. The SMILES string of the molecule is COc1cc(S(=O)O)ccc1C#N. The first-order valence-corrected chi connectivity index (χ1v) is 4.48. The Kier molecular flexibility index (Phi) is 3.01. The van der Waals surface area contributed by atoms with E-state index in [1.807, 2.05) is 6.07 Å². The minimum Gasteiger partial charge on any atom is -0.495 e. The molecule has 1 N–H and O–H groups in total. The summed E-state index contributed by atoms with van der Waals surface area (Å²) in [5, 5.41) is 8.61. The smallest absolute Gasteiger partial charge is 0.186 e. The summed E-state index contributed by atoms with van der Waals surface area (Å²) in [7, 11) is 1.40. The maximum absolute atomic E-state index is 10.6. The Morgan fingerprint density at radius 1 is 1.62 bits per heavy atom. The molecule has 0 saturated heterocycles. The standard InChI is InChI=1S/C8H7NO3S/c1-12-8-4-7(13(10)11)3-2-6(8)5-9/h2-4H,1H3,(H,10,11). The highest BCUT2D eigenvalue weighted by Crippen LogP contribution is 2.20. The van der Waals surface area contributed by atoms with Crippen molar-refractivity contribution in [2.45, 2.75) is 4.90 Å². The normalized spacial score (nSPS) is 11.8. The van der Waals surface area contributed by atoms with Gasteiger partial charge in [-0.2, -0.15) is 5.26 Å². The van der Waals surface area contributed by atoms with E-state index in [9.17, 15) is 4.21 Å². The van der Waals surface area contributed by atoms with E-state index in [0.29, 0.717) is 11.3 Å². The molecule has 1 rings (SSSR count). The van der Waals surface area contributed by atoms with E-state index in [-0.39, 0.29) is 4.90 Å². The summed E-state index contributed by atoms with van der Waals surface area (Å²) in [5.41, 5.74) is 0.344. The summed E-state index contributed by atoms with van der Waals surface area (Å²) in [6, 6.07) is 6.14. The average molecular weight is 197 g/mol. The minimum absolute atomic E-state index is 0.218. The molecule has 68 valence electrons. The number of nitrogens with zero attached hydrogens (tertiary/aromatic N) is 1. The van der Waals surface area contributed by atoms with Crippen LogP contribution in [-0.2, 0) is 11.1 Å². The summed E-state index contributed by atoms with van der Waals surface area (Å²) in [4.78, 5) is 0.218. The topological polar surface area (TPSA) is 70.3 Å². The van der Waals surface area contributed by atoms with Crippen molar-refractivity contribution in [1.29, 1.82) is 5.26 Å². The van der Waals surface area contributed by atoms with Gasteiger partial charge < -0.3 is 9.29 Å². The highest BCUT2D eigenvalue weighted by atomic mass is 32.2. The molecule has 0 heterocycles. The van der Waals surface area contributed by atoms with Gasteiger partial charge in [-0.1, -0.05) is 0 Å². The zero-order valence-electron chi connectivity index (χ0n) is 6.85. The fourth-order valence-corrected chi connectivity index (χ4v) is 1.26. The van der Waals surface area contributed by atoms with Crippen molar-refractivity contribution in [2.24, 2.45) is 0 Å². The van der Waals surface area contributed by atoms with Gasteiger partial charge >= 0.3 is 0 Å². The van der Waals surface area contributed by atoms with Gasteiger partial charge in [0.1, 0.15) is 11.8 Å². The van der Waals surface area contributed by atoms with Gasteiger partial charge in [0, 0.05) is 0 Å². The quantitative estimate of drug-likeness (QED) is 0.722. The molecule has 0 aliphatic heterocycles. The van der Waals surface area contributed by atoms with Crippen LogP contribution in [0.15, 0.2) is 23.1 Å². The Morgan fingerprint density at radius 2 is 2.31 bits per heavy atom. The van der Waals surface area contributed by atoms with Crippen molar-refractivity contribution in [3.8, 4) is 11.8 Å². The van der Waals surface area contributed by atoms with Crippen LogP contribution in [0.2, 0.25) is 0 Å². The van der Waals surface area contributed by atoms with Crippen molar-refractivity contribution in [1.82, 2.24) is 0 Å². The molecule has 0 aliphatic carbocycles. The van der Waals surface area contributed by atoms with E-state index in [2.05, 4.69) is 0 Å². The number of rotatable bonds is 2. The molecular weight excluding hydrogens is 190 g/mol. The third-order valence-electron chi connectivity index (χ3n) is 1.50. The van der Waals surface area contributed by atoms with Crippen LogP contribution < -0.4 is 4.74 Å². The molecule has 1 aromatic carbocycles. The second kappa shape index (κ2) is 4.03. The third-order valence-corrected chi connectivity index (χ3v) is 2.15. The Balaban J connectivity index is 3.23. The third kappa shape index (κ3) is 2.05. The molecule has 0 radical (unpaired) electrons. The first-order chi connectivity index (χ1) is 6.19. The molecule has 1 atom stereocenters. The van der Waals surface area contributed by atoms with Crippen molar-refractivity contribution in [2.75, 3.05) is 7.11 Å². The predicted octanol–water partition coefficient (Wildman–Crippen LogP) is 1.15. The summed E-state index contributed by atoms with van der Waals surface area (Å²) < 4.78 is 24.2. The zero-order chi connectivity index (χ0) is 9.84. The molecule has 1 unspecified atom stereocenters. The predicted molar refractivity (Wildman–Crippen MR) is 46.7 cm³/mol. The summed E-state index contributed by atoms with van der Waals surface area (Å²) in [5.74, 6) is 0.308. The molecule has 0 aromatic heterocycles. The lowest BCUT2D eigenvalue weighted by Crippen LogP contribution is -1.92. The summed E-state index contributed by atoms with van der Waals surface area (Å²) >= 11 is -2.04. The van der Waals surface area contributed by atoms with Crippen LogP contribution in [0.4, 0.5) is 0 Å². The highest BCUT2D eigenvalue weighted by Gasteiger charge is 2.06. The van der Waals surface area contributed by atoms with Gasteiger partial charge in [0.2, 0.25) is 0 Å². The molecule has 5 heteroatoms. The van der Waals surface area contributed by atoms with Crippen LogP contribution in [0.5, 0.6) is 5.75 Å². The number of benzene rings is 1. The molecule has 0 bridgehead atoms. The molecule has 0 fully saturated rings. The summed E-state index contributed by atoms with van der Waals surface area (Å²) in [6.07, 6.45) is 0. The van der Waals surface area contributed by atoms with Gasteiger partial charge in [-0.15, -0.1) is 0 Å². The Morgan fingerprint density at radius 3 is 2.77 bits per heavy atom. The second-order valence-corrected chi connectivity index (χ2v) is 3.19. The number of methoxy groups -OCH3 is 1. The zero-order valence-corrected chi connectivity index (χ0v) is 7.67. The lowest BCUT2D eigenvalue weighted by Gasteiger charge is -2.02. The van der Waals surface area contributed by atoms with E-state index in [4.69, 9.17) is 14.6 Å². The number of nitriles is 1. The molecule has 4 nitrogen and oxygen atoms in total. The Bertz CT molecular complexity index is 383. The van der Waals surface area contributed by atoms with Gasteiger partial charge in [-0.25, -0.2) is 4.21 Å². The fourth-order valence-electron chi connectivity index (χ4n) is 0.873. The lowest BCUT2D eigenvalue weighted by molar-refractivity contribution is 0.412. The van der Waals surface area contributed by atoms with Crippen LogP contribution in [0.25, 0.3) is 0 Å². The molecular formula is C8H7NO3S. The van der Waals surface area contributed by atoms with Gasteiger partial charge in [-0.3, -0.25) is 0 Å². The maximum Gasteiger partial charge on any atom is 0.186 e. The monoisotopic (exact) mass is 197 g/mol. The van der Waals surface area contributed by atoms with Crippen molar-refractivity contribution in [3.05, 3.63) is 23.8 Å². The molecule has 0 saturated carbocycles. The second-order valence-electron chi connectivity index (χ2n) is 2.22. The molecule has 0 spiro atoms. The Labute approximate surface area is 78.0 Å². The number of hydrogen-bond donors (Lipinski definition) is 1. The number of ether oxygens (including phenoxy) is 1. The van der Waals surface area contributed by atoms with Gasteiger partial charge in [0.15, 0.2) is 11.1 Å². The number of hydrogen-bond acceptors (Lipinski definition) is 3. The van der Waals surface area contributed by atoms with Crippen LogP contribution in [0.3, 0.4) is 0 Å². The first kappa shape index (κ1) is 9.71. The molecule has 0 aliphatic rings. The van der Waals surface area contributed by atoms with Crippen LogP contribution >= 0.6 is 0 Å². The molecule has 13 heavy (non-hydrogen) atoms.